The number of halogens is 2. The molecule has 1 amide bonds. The third kappa shape index (κ3) is 6.11. The highest BCUT2D eigenvalue weighted by Gasteiger charge is 2.55. The van der Waals surface area contributed by atoms with Gasteiger partial charge in [-0.2, -0.15) is 0 Å². The minimum absolute atomic E-state index is 0. The molecule has 8 nitrogen and oxygen atoms in total. The van der Waals surface area contributed by atoms with Crippen LogP contribution in [-0.4, -0.2) is 64.9 Å². The number of piperidine rings is 1. The van der Waals surface area contributed by atoms with Gasteiger partial charge in [0.15, 0.2) is 11.5 Å². The molecule has 10 heteroatoms. The number of hydrogen-bond acceptors (Lipinski definition) is 7. The Labute approximate surface area is 225 Å². The van der Waals surface area contributed by atoms with Gasteiger partial charge in [0, 0.05) is 12.1 Å². The van der Waals surface area contributed by atoms with Gasteiger partial charge in [-0.3, -0.25) is 4.79 Å². The van der Waals surface area contributed by atoms with Crippen LogP contribution in [0.5, 0.6) is 28.7 Å². The van der Waals surface area contributed by atoms with Crippen LogP contribution in [0.15, 0.2) is 30.3 Å². The molecule has 1 saturated heterocycles. The molecule has 2 aromatic rings. The number of benzene rings is 2. The van der Waals surface area contributed by atoms with Crippen LogP contribution in [0.3, 0.4) is 0 Å². The van der Waals surface area contributed by atoms with Gasteiger partial charge in [-0.15, -0.1) is 24.8 Å². The van der Waals surface area contributed by atoms with Gasteiger partial charge in [-0.05, 0) is 75.5 Å². The first kappa shape index (κ1) is 29.8. The Balaban J connectivity index is 0.00000228. The molecular formula is C26H37Cl2N3O5. The van der Waals surface area contributed by atoms with E-state index in [9.17, 15) is 4.79 Å². The molecule has 1 saturated carbocycles. The molecule has 0 aromatic heterocycles. The van der Waals surface area contributed by atoms with Crippen LogP contribution in [0.2, 0.25) is 0 Å². The van der Waals surface area contributed by atoms with Crippen molar-refractivity contribution in [3.8, 4) is 28.7 Å². The van der Waals surface area contributed by atoms with E-state index in [0.717, 1.165) is 44.3 Å². The van der Waals surface area contributed by atoms with Gasteiger partial charge in [-0.1, -0.05) is 12.1 Å². The van der Waals surface area contributed by atoms with Crippen molar-refractivity contribution in [3.05, 3.63) is 41.5 Å². The molecule has 3 N–H and O–H groups in total. The Hall–Kier alpha value is -2.39. The first-order valence-electron chi connectivity index (χ1n) is 11.7. The summed E-state index contributed by atoms with van der Waals surface area (Å²) in [6.07, 6.45) is 4.02. The number of nitrogens with zero attached hydrogens (tertiary/aromatic N) is 1. The summed E-state index contributed by atoms with van der Waals surface area (Å²) >= 11 is 0. The lowest BCUT2D eigenvalue weighted by Gasteiger charge is -2.30. The van der Waals surface area contributed by atoms with Crippen LogP contribution in [0, 0.1) is 5.41 Å². The fourth-order valence-corrected chi connectivity index (χ4v) is 4.85. The average molecular weight is 543 g/mol. The lowest BCUT2D eigenvalue weighted by atomic mass is 9.93. The third-order valence-corrected chi connectivity index (χ3v) is 7.08. The topological polar surface area (TPSA) is 95.3 Å². The normalized spacial score (nSPS) is 17.9. The maximum Gasteiger partial charge on any atom is 0.255 e. The van der Waals surface area contributed by atoms with Crippen molar-refractivity contribution in [1.29, 1.82) is 0 Å². The first-order chi connectivity index (χ1) is 16.4. The van der Waals surface area contributed by atoms with Crippen LogP contribution in [0.1, 0.15) is 35.2 Å². The molecule has 1 unspecified atom stereocenters. The number of nitrogens with two attached hydrogens (primary N) is 1. The van der Waals surface area contributed by atoms with E-state index in [2.05, 4.69) is 17.3 Å². The smallest absolute Gasteiger partial charge is 0.255 e. The van der Waals surface area contributed by atoms with E-state index in [1.807, 2.05) is 24.3 Å². The van der Waals surface area contributed by atoms with E-state index in [-0.39, 0.29) is 42.2 Å². The van der Waals surface area contributed by atoms with E-state index >= 15 is 0 Å². The fraction of sp³-hybridized carbons (Fsp3) is 0.500. The maximum atomic E-state index is 13.4. The van der Waals surface area contributed by atoms with Crippen molar-refractivity contribution in [1.82, 2.24) is 10.2 Å². The van der Waals surface area contributed by atoms with Gasteiger partial charge in [0.25, 0.3) is 5.91 Å². The minimum atomic E-state index is -0.207. The Kier molecular flexibility index (Phi) is 10.5. The summed E-state index contributed by atoms with van der Waals surface area (Å²) in [7, 11) is 6.70. The second kappa shape index (κ2) is 12.7. The molecule has 36 heavy (non-hydrogen) atoms. The predicted molar refractivity (Wildman–Crippen MR) is 145 cm³/mol. The lowest BCUT2D eigenvalue weighted by Crippen LogP contribution is -2.37. The number of hydrogen-bond donors (Lipinski definition) is 2. The monoisotopic (exact) mass is 541 g/mol. The Morgan fingerprint density at radius 2 is 1.64 bits per heavy atom. The van der Waals surface area contributed by atoms with Gasteiger partial charge in [0.2, 0.25) is 11.5 Å². The van der Waals surface area contributed by atoms with Gasteiger partial charge in [0.1, 0.15) is 5.75 Å². The second-order valence-corrected chi connectivity index (χ2v) is 9.20. The van der Waals surface area contributed by atoms with Crippen molar-refractivity contribution in [3.63, 3.8) is 0 Å². The molecule has 1 atom stereocenters. The summed E-state index contributed by atoms with van der Waals surface area (Å²) in [4.78, 5) is 15.7. The van der Waals surface area contributed by atoms with Gasteiger partial charge in [-0.25, -0.2) is 0 Å². The van der Waals surface area contributed by atoms with Gasteiger partial charge < -0.3 is 34.9 Å². The molecule has 2 aromatic carbocycles. The summed E-state index contributed by atoms with van der Waals surface area (Å²) in [5.41, 5.74) is 7.34. The van der Waals surface area contributed by atoms with Crippen LogP contribution < -0.4 is 30.0 Å². The van der Waals surface area contributed by atoms with Gasteiger partial charge >= 0.3 is 0 Å². The number of rotatable bonds is 9. The van der Waals surface area contributed by atoms with Crippen LogP contribution >= 0.6 is 24.8 Å². The number of ether oxygens (including phenoxy) is 4. The third-order valence-electron chi connectivity index (χ3n) is 7.08. The number of methoxy groups -OCH3 is 3. The van der Waals surface area contributed by atoms with Crippen LogP contribution in [-0.2, 0) is 6.42 Å². The van der Waals surface area contributed by atoms with Crippen molar-refractivity contribution < 1.29 is 23.7 Å². The number of carbonyl (C=O) groups excluding carboxylic acids is 1. The Morgan fingerprint density at radius 3 is 2.19 bits per heavy atom. The highest BCUT2D eigenvalue weighted by Crippen LogP contribution is 2.54. The van der Waals surface area contributed by atoms with E-state index < -0.39 is 0 Å². The van der Waals surface area contributed by atoms with E-state index in [0.29, 0.717) is 40.9 Å². The average Bonchev–Trinajstić information content (AvgIpc) is 3.52. The van der Waals surface area contributed by atoms with Crippen LogP contribution in [0.4, 0.5) is 0 Å². The molecule has 1 spiro atoms. The van der Waals surface area contributed by atoms with Crippen molar-refractivity contribution >= 4 is 30.7 Å². The SMILES string of the molecule is COc1c(Oc2ccc(CCN)cc2)cc(C(=O)NC2CC23CCN(C)CC3)c(OC)c1OC.Cl.Cl. The molecule has 1 aliphatic carbocycles. The van der Waals surface area contributed by atoms with E-state index in [1.54, 1.807) is 6.07 Å². The number of likely N-dealkylation sites (tertiary alicyclic amines) is 1. The van der Waals surface area contributed by atoms with Crippen molar-refractivity contribution in [2.45, 2.75) is 31.7 Å². The number of carbonyl (C=O) groups is 1. The molecular weight excluding hydrogens is 505 g/mol. The summed E-state index contributed by atoms with van der Waals surface area (Å²) < 4.78 is 22.9. The molecule has 200 valence electrons. The van der Waals surface area contributed by atoms with Gasteiger partial charge in [0.05, 0.1) is 26.9 Å². The molecule has 2 fully saturated rings. The number of amides is 1. The highest BCUT2D eigenvalue weighted by molar-refractivity contribution is 5.99. The summed E-state index contributed by atoms with van der Waals surface area (Å²) in [5, 5.41) is 3.22. The summed E-state index contributed by atoms with van der Waals surface area (Å²) in [5.74, 6) is 1.78. The zero-order valence-electron chi connectivity index (χ0n) is 21.3. The molecule has 2 aliphatic rings. The molecule has 0 bridgehead atoms. The number of nitrogens with one attached hydrogen (secondary N) is 1. The van der Waals surface area contributed by atoms with Crippen LogP contribution in [0.25, 0.3) is 0 Å². The summed E-state index contributed by atoms with van der Waals surface area (Å²) in [6.45, 7) is 2.71. The molecule has 1 heterocycles. The van der Waals surface area contributed by atoms with Crippen molar-refractivity contribution in [2.75, 3.05) is 48.0 Å². The predicted octanol–water partition coefficient (Wildman–Crippen LogP) is 4.06. The quantitative estimate of drug-likeness (QED) is 0.494. The highest BCUT2D eigenvalue weighted by atomic mass is 35.5. The second-order valence-electron chi connectivity index (χ2n) is 9.20. The van der Waals surface area contributed by atoms with E-state index in [4.69, 9.17) is 24.7 Å². The van der Waals surface area contributed by atoms with E-state index in [1.165, 1.54) is 21.3 Å². The zero-order valence-corrected chi connectivity index (χ0v) is 22.9. The maximum absolute atomic E-state index is 13.4. The lowest BCUT2D eigenvalue weighted by molar-refractivity contribution is 0.0933. The fourth-order valence-electron chi connectivity index (χ4n) is 4.85. The molecule has 4 rings (SSSR count). The first-order valence-corrected chi connectivity index (χ1v) is 11.7. The minimum Gasteiger partial charge on any atom is -0.492 e. The Bertz CT molecular complexity index is 1030. The molecule has 1 aliphatic heterocycles. The standard InChI is InChI=1S/C26H35N3O5.2ClH/c1-29-13-10-26(11-14-29)16-21(26)28-25(30)19-15-20(23(32-3)24(33-4)22(19)31-2)34-18-7-5-17(6-8-18)9-12-27;;/h5-8,15,21H,9-14,16,27H2,1-4H3,(H,28,30);2*1H. The molecule has 0 radical (unpaired) electrons. The Morgan fingerprint density at radius 1 is 1.03 bits per heavy atom. The van der Waals surface area contributed by atoms with Crippen molar-refractivity contribution in [2.24, 2.45) is 11.1 Å². The zero-order chi connectivity index (χ0) is 24.3. The summed E-state index contributed by atoms with van der Waals surface area (Å²) in [6, 6.07) is 9.51. The largest absolute Gasteiger partial charge is 0.492 e.